The molecule has 0 fully saturated rings. The van der Waals surface area contributed by atoms with Crippen molar-refractivity contribution in [1.82, 2.24) is 10.6 Å². The van der Waals surface area contributed by atoms with Crippen molar-refractivity contribution in [3.05, 3.63) is 28.8 Å². The summed E-state index contributed by atoms with van der Waals surface area (Å²) in [5.74, 6) is -1.46. The molecule has 8 heteroatoms. The smallest absolute Gasteiger partial charge is 0.338 e. The second-order valence-corrected chi connectivity index (χ2v) is 4.54. The number of nitrogen functional groups attached to an aromatic ring is 1. The maximum atomic E-state index is 11.8. The number of hydrogen-bond donors (Lipinski definition) is 3. The summed E-state index contributed by atoms with van der Waals surface area (Å²) in [4.78, 5) is 34.6. The van der Waals surface area contributed by atoms with Gasteiger partial charge in [0.15, 0.2) is 6.10 Å². The second-order valence-electron chi connectivity index (χ2n) is 4.13. The summed E-state index contributed by atoms with van der Waals surface area (Å²) >= 11 is 5.74. The SMILES string of the molecule is CCNC(=O)NC(=O)[C@H](C)OC(=O)c1ccc(Cl)c(N)c1. The van der Waals surface area contributed by atoms with Crippen LogP contribution in [-0.4, -0.2) is 30.6 Å². The van der Waals surface area contributed by atoms with Gasteiger partial charge in [-0.05, 0) is 32.0 Å². The fourth-order valence-corrected chi connectivity index (χ4v) is 1.49. The number of ether oxygens (including phenoxy) is 1. The Morgan fingerprint density at radius 3 is 2.62 bits per heavy atom. The summed E-state index contributed by atoms with van der Waals surface area (Å²) < 4.78 is 4.94. The Balaban J connectivity index is 2.63. The number of nitrogens with two attached hydrogens (primary N) is 1. The summed E-state index contributed by atoms with van der Waals surface area (Å²) in [6, 6.07) is 3.57. The first-order chi connectivity index (χ1) is 9.85. The number of esters is 1. The topological polar surface area (TPSA) is 111 Å². The van der Waals surface area contributed by atoms with Gasteiger partial charge in [0, 0.05) is 6.54 Å². The number of imide groups is 1. The van der Waals surface area contributed by atoms with Gasteiger partial charge in [-0.3, -0.25) is 10.1 Å². The number of urea groups is 1. The number of anilines is 1. The minimum atomic E-state index is -1.13. The molecule has 0 saturated heterocycles. The van der Waals surface area contributed by atoms with Crippen LogP contribution in [0.3, 0.4) is 0 Å². The molecule has 21 heavy (non-hydrogen) atoms. The van der Waals surface area contributed by atoms with Crippen molar-refractivity contribution >= 4 is 35.2 Å². The van der Waals surface area contributed by atoms with E-state index in [1.54, 1.807) is 6.92 Å². The maximum absolute atomic E-state index is 11.8. The van der Waals surface area contributed by atoms with Crippen LogP contribution in [0.15, 0.2) is 18.2 Å². The number of nitrogens with one attached hydrogen (secondary N) is 2. The minimum absolute atomic E-state index is 0.162. The van der Waals surface area contributed by atoms with E-state index in [0.717, 1.165) is 0 Å². The van der Waals surface area contributed by atoms with Gasteiger partial charge >= 0.3 is 12.0 Å². The van der Waals surface area contributed by atoms with Crippen LogP contribution in [0, 0.1) is 0 Å². The molecule has 7 nitrogen and oxygen atoms in total. The molecule has 0 saturated carbocycles. The quantitative estimate of drug-likeness (QED) is 0.573. The fraction of sp³-hybridized carbons (Fsp3) is 0.308. The Bertz CT molecular complexity index is 562. The van der Waals surface area contributed by atoms with Crippen LogP contribution in [-0.2, 0) is 9.53 Å². The Kier molecular flexibility index (Phi) is 5.98. The molecule has 0 unspecified atom stereocenters. The van der Waals surface area contributed by atoms with Gasteiger partial charge in [0.05, 0.1) is 16.3 Å². The van der Waals surface area contributed by atoms with Crippen LogP contribution in [0.2, 0.25) is 5.02 Å². The lowest BCUT2D eigenvalue weighted by molar-refractivity contribution is -0.127. The van der Waals surface area contributed by atoms with E-state index in [1.807, 2.05) is 5.32 Å². The third-order valence-electron chi connectivity index (χ3n) is 2.46. The van der Waals surface area contributed by atoms with Crippen molar-refractivity contribution in [2.45, 2.75) is 20.0 Å². The van der Waals surface area contributed by atoms with Crippen molar-refractivity contribution < 1.29 is 19.1 Å². The van der Waals surface area contributed by atoms with Crippen molar-refractivity contribution in [2.75, 3.05) is 12.3 Å². The zero-order valence-corrected chi connectivity index (χ0v) is 12.4. The summed E-state index contributed by atoms with van der Waals surface area (Å²) in [7, 11) is 0. The van der Waals surface area contributed by atoms with E-state index in [0.29, 0.717) is 11.6 Å². The largest absolute Gasteiger partial charge is 0.449 e. The molecule has 0 aliphatic carbocycles. The van der Waals surface area contributed by atoms with Crippen molar-refractivity contribution in [2.24, 2.45) is 0 Å². The molecule has 1 rings (SSSR count). The molecule has 114 valence electrons. The zero-order chi connectivity index (χ0) is 16.0. The highest BCUT2D eigenvalue weighted by molar-refractivity contribution is 6.33. The number of hydrogen-bond acceptors (Lipinski definition) is 5. The van der Waals surface area contributed by atoms with Crippen molar-refractivity contribution in [3.8, 4) is 0 Å². The van der Waals surface area contributed by atoms with E-state index in [4.69, 9.17) is 22.1 Å². The van der Waals surface area contributed by atoms with Gasteiger partial charge in [0.1, 0.15) is 0 Å². The average Bonchev–Trinajstić information content (AvgIpc) is 2.41. The van der Waals surface area contributed by atoms with Crippen LogP contribution >= 0.6 is 11.6 Å². The lowest BCUT2D eigenvalue weighted by atomic mass is 10.2. The normalized spacial score (nSPS) is 11.4. The zero-order valence-electron chi connectivity index (χ0n) is 11.6. The monoisotopic (exact) mass is 313 g/mol. The molecule has 0 heterocycles. The lowest BCUT2D eigenvalue weighted by Gasteiger charge is -2.13. The van der Waals surface area contributed by atoms with Gasteiger partial charge < -0.3 is 15.8 Å². The van der Waals surface area contributed by atoms with Crippen LogP contribution < -0.4 is 16.4 Å². The lowest BCUT2D eigenvalue weighted by Crippen LogP contribution is -2.44. The maximum Gasteiger partial charge on any atom is 0.338 e. The molecule has 4 N–H and O–H groups in total. The molecule has 0 bridgehead atoms. The highest BCUT2D eigenvalue weighted by Gasteiger charge is 2.20. The molecular formula is C13H16ClN3O4. The molecular weight excluding hydrogens is 298 g/mol. The fourth-order valence-electron chi connectivity index (χ4n) is 1.37. The first-order valence-corrected chi connectivity index (χ1v) is 6.57. The van der Waals surface area contributed by atoms with Crippen molar-refractivity contribution in [3.63, 3.8) is 0 Å². The summed E-state index contributed by atoms with van der Waals surface area (Å²) in [5.41, 5.74) is 5.97. The molecule has 0 radical (unpaired) electrons. The molecule has 1 aromatic rings. The van der Waals surface area contributed by atoms with Gasteiger partial charge in [-0.2, -0.15) is 0 Å². The molecule has 0 aromatic heterocycles. The number of halogens is 1. The third-order valence-corrected chi connectivity index (χ3v) is 2.80. The van der Waals surface area contributed by atoms with Crippen LogP contribution in [0.4, 0.5) is 10.5 Å². The Morgan fingerprint density at radius 2 is 2.05 bits per heavy atom. The first kappa shape index (κ1) is 16.8. The minimum Gasteiger partial charge on any atom is -0.449 e. The van der Waals surface area contributed by atoms with E-state index in [9.17, 15) is 14.4 Å². The van der Waals surface area contributed by atoms with E-state index < -0.39 is 24.0 Å². The molecule has 1 aromatic carbocycles. The van der Waals surface area contributed by atoms with Gasteiger partial charge in [-0.1, -0.05) is 11.6 Å². The predicted molar refractivity (Wildman–Crippen MR) is 78.0 cm³/mol. The Labute approximate surface area is 126 Å². The van der Waals surface area contributed by atoms with Gasteiger partial charge in [0.2, 0.25) is 0 Å². The highest BCUT2D eigenvalue weighted by atomic mass is 35.5. The summed E-state index contributed by atoms with van der Waals surface area (Å²) in [6.07, 6.45) is -1.13. The van der Waals surface area contributed by atoms with E-state index in [-0.39, 0.29) is 11.3 Å². The number of carbonyl (C=O) groups is 3. The van der Waals surface area contributed by atoms with E-state index >= 15 is 0 Å². The number of rotatable bonds is 4. The highest BCUT2D eigenvalue weighted by Crippen LogP contribution is 2.20. The number of carbonyl (C=O) groups excluding carboxylic acids is 3. The second kappa shape index (κ2) is 7.49. The molecule has 0 aliphatic rings. The third kappa shape index (κ3) is 4.96. The molecule has 0 aliphatic heterocycles. The number of benzene rings is 1. The predicted octanol–water partition coefficient (Wildman–Crippen LogP) is 1.31. The molecule has 1 atom stereocenters. The van der Waals surface area contributed by atoms with Crippen LogP contribution in [0.1, 0.15) is 24.2 Å². The van der Waals surface area contributed by atoms with E-state index in [1.165, 1.54) is 25.1 Å². The number of amides is 3. The van der Waals surface area contributed by atoms with Crippen LogP contribution in [0.5, 0.6) is 0 Å². The van der Waals surface area contributed by atoms with Crippen LogP contribution in [0.25, 0.3) is 0 Å². The van der Waals surface area contributed by atoms with Gasteiger partial charge in [-0.25, -0.2) is 9.59 Å². The van der Waals surface area contributed by atoms with Gasteiger partial charge in [0.25, 0.3) is 5.91 Å². The van der Waals surface area contributed by atoms with Crippen molar-refractivity contribution in [1.29, 1.82) is 0 Å². The first-order valence-electron chi connectivity index (χ1n) is 6.19. The molecule has 0 spiro atoms. The summed E-state index contributed by atoms with van der Waals surface area (Å²) in [6.45, 7) is 3.43. The summed E-state index contributed by atoms with van der Waals surface area (Å²) in [5, 5.41) is 4.75. The Hall–Kier alpha value is -2.28. The van der Waals surface area contributed by atoms with Gasteiger partial charge in [-0.15, -0.1) is 0 Å². The molecule has 3 amide bonds. The average molecular weight is 314 g/mol. The standard InChI is InChI=1S/C13H16ClN3O4/c1-3-16-13(20)17-11(18)7(2)21-12(19)8-4-5-9(14)10(15)6-8/h4-7H,3,15H2,1-2H3,(H2,16,17,18,20)/t7-/m0/s1. The van der Waals surface area contributed by atoms with E-state index in [2.05, 4.69) is 5.32 Å². The Morgan fingerprint density at radius 1 is 1.38 bits per heavy atom.